The molecule has 1 amide bonds. The Kier molecular flexibility index (Phi) is 5.85. The van der Waals surface area contributed by atoms with Gasteiger partial charge in [0.1, 0.15) is 4.83 Å². The van der Waals surface area contributed by atoms with Crippen molar-refractivity contribution in [3.63, 3.8) is 0 Å². The van der Waals surface area contributed by atoms with Crippen LogP contribution in [0.1, 0.15) is 16.0 Å². The normalized spacial score (nSPS) is 13.5. The van der Waals surface area contributed by atoms with Gasteiger partial charge in [0.05, 0.1) is 4.83 Å². The molecule has 0 spiro atoms. The first-order chi connectivity index (χ1) is 9.99. The predicted molar refractivity (Wildman–Crippen MR) is 95.6 cm³/mol. The summed E-state index contributed by atoms with van der Waals surface area (Å²) in [5, 5.41) is 3.50. The van der Waals surface area contributed by atoms with Crippen LogP contribution in [0.25, 0.3) is 0 Å². The quantitative estimate of drug-likeness (QED) is 0.638. The van der Waals surface area contributed by atoms with Crippen LogP contribution < -0.4 is 5.32 Å². The van der Waals surface area contributed by atoms with Gasteiger partial charge in [0, 0.05) is 10.7 Å². The molecule has 2 atom stereocenters. The van der Waals surface area contributed by atoms with Crippen molar-refractivity contribution >= 4 is 55.1 Å². The Balaban J connectivity index is 2.07. The van der Waals surface area contributed by atoms with Gasteiger partial charge in [-0.25, -0.2) is 0 Å². The smallest absolute Gasteiger partial charge is 0.239 e. The zero-order chi connectivity index (χ0) is 15.4. The molecule has 0 radical (unpaired) electrons. The van der Waals surface area contributed by atoms with E-state index in [1.807, 2.05) is 49.4 Å². The van der Waals surface area contributed by atoms with Crippen molar-refractivity contribution in [1.82, 2.24) is 0 Å². The van der Waals surface area contributed by atoms with E-state index in [4.69, 9.17) is 11.6 Å². The highest BCUT2D eigenvalue weighted by atomic mass is 79.9. The van der Waals surface area contributed by atoms with Gasteiger partial charge < -0.3 is 5.32 Å². The lowest BCUT2D eigenvalue weighted by atomic mass is 10.1. The summed E-state index contributed by atoms with van der Waals surface area (Å²) < 4.78 is 0. The van der Waals surface area contributed by atoms with Crippen LogP contribution >= 0.6 is 43.5 Å². The second kappa shape index (κ2) is 7.43. The third-order valence-corrected chi connectivity index (χ3v) is 6.18. The number of carbonyl (C=O) groups excluding carboxylic acids is 1. The Hall–Kier alpha value is -0.840. The number of alkyl halides is 2. The Bertz CT molecular complexity index is 633. The van der Waals surface area contributed by atoms with Gasteiger partial charge in [0.2, 0.25) is 5.91 Å². The van der Waals surface area contributed by atoms with Gasteiger partial charge in [0.25, 0.3) is 0 Å². The number of anilines is 1. The van der Waals surface area contributed by atoms with E-state index in [-0.39, 0.29) is 15.6 Å². The first-order valence-electron chi connectivity index (χ1n) is 6.39. The number of benzene rings is 2. The van der Waals surface area contributed by atoms with Crippen LogP contribution in [0.4, 0.5) is 5.69 Å². The molecule has 0 bridgehead atoms. The number of rotatable bonds is 4. The third kappa shape index (κ3) is 4.31. The summed E-state index contributed by atoms with van der Waals surface area (Å²) in [7, 11) is 0. The van der Waals surface area contributed by atoms with Gasteiger partial charge in [-0.2, -0.15) is 0 Å². The van der Waals surface area contributed by atoms with Gasteiger partial charge in [-0.1, -0.05) is 79.9 Å². The van der Waals surface area contributed by atoms with Gasteiger partial charge >= 0.3 is 0 Å². The monoisotopic (exact) mass is 429 g/mol. The molecule has 110 valence electrons. The largest absolute Gasteiger partial charge is 0.325 e. The molecule has 2 aromatic carbocycles. The fourth-order valence-electron chi connectivity index (χ4n) is 1.82. The van der Waals surface area contributed by atoms with Gasteiger partial charge in [-0.05, 0) is 30.2 Å². The molecular formula is C16H14Br2ClNO. The molecule has 0 fully saturated rings. The summed E-state index contributed by atoms with van der Waals surface area (Å²) in [6, 6.07) is 15.3. The summed E-state index contributed by atoms with van der Waals surface area (Å²) >= 11 is 13.1. The molecule has 0 aliphatic carbocycles. The van der Waals surface area contributed by atoms with Crippen LogP contribution in [0.5, 0.6) is 0 Å². The molecule has 2 rings (SSSR count). The molecule has 1 N–H and O–H groups in total. The van der Waals surface area contributed by atoms with Crippen molar-refractivity contribution in [3.8, 4) is 0 Å². The van der Waals surface area contributed by atoms with Crippen LogP contribution in [-0.4, -0.2) is 10.7 Å². The number of carbonyl (C=O) groups is 1. The number of halogens is 3. The molecule has 2 nitrogen and oxygen atoms in total. The van der Waals surface area contributed by atoms with Crippen molar-refractivity contribution in [2.75, 3.05) is 5.32 Å². The summed E-state index contributed by atoms with van der Waals surface area (Å²) in [6.45, 7) is 1.92. The fraction of sp³-hybridized carbons (Fsp3) is 0.188. The second-order valence-corrected chi connectivity index (χ2v) is 7.05. The Labute approximate surface area is 146 Å². The Morgan fingerprint density at radius 3 is 2.43 bits per heavy atom. The van der Waals surface area contributed by atoms with Crippen molar-refractivity contribution in [3.05, 3.63) is 64.7 Å². The molecule has 2 unspecified atom stereocenters. The Morgan fingerprint density at radius 2 is 1.81 bits per heavy atom. The highest BCUT2D eigenvalue weighted by Gasteiger charge is 2.25. The van der Waals surface area contributed by atoms with E-state index in [1.165, 1.54) is 0 Å². The molecule has 2 aromatic rings. The highest BCUT2D eigenvalue weighted by Crippen LogP contribution is 2.32. The first kappa shape index (κ1) is 16.5. The molecule has 0 aliphatic rings. The molecule has 0 saturated carbocycles. The maximum atomic E-state index is 12.3. The summed E-state index contributed by atoms with van der Waals surface area (Å²) in [4.78, 5) is 11.8. The fourth-order valence-corrected chi connectivity index (χ4v) is 2.97. The minimum Gasteiger partial charge on any atom is -0.325 e. The van der Waals surface area contributed by atoms with Crippen molar-refractivity contribution < 1.29 is 4.79 Å². The molecule has 0 heterocycles. The van der Waals surface area contributed by atoms with Crippen molar-refractivity contribution in [1.29, 1.82) is 0 Å². The van der Waals surface area contributed by atoms with E-state index in [9.17, 15) is 4.79 Å². The standard InChI is InChI=1S/C16H14Br2ClNO/c1-10-7-8-12(9-13(10)19)20-16(21)15(18)14(17)11-5-3-2-4-6-11/h2-9,14-15H,1H3,(H,20,21). The topological polar surface area (TPSA) is 29.1 Å². The Morgan fingerprint density at radius 1 is 1.14 bits per heavy atom. The molecule has 0 aromatic heterocycles. The first-order valence-corrected chi connectivity index (χ1v) is 8.60. The van der Waals surface area contributed by atoms with E-state index in [1.54, 1.807) is 6.07 Å². The van der Waals surface area contributed by atoms with Crippen LogP contribution in [0, 0.1) is 6.92 Å². The van der Waals surface area contributed by atoms with E-state index >= 15 is 0 Å². The number of nitrogens with one attached hydrogen (secondary N) is 1. The average molecular weight is 432 g/mol. The maximum Gasteiger partial charge on any atom is 0.239 e. The van der Waals surface area contributed by atoms with Crippen molar-refractivity contribution in [2.24, 2.45) is 0 Å². The third-order valence-electron chi connectivity index (χ3n) is 3.06. The lowest BCUT2D eigenvalue weighted by Gasteiger charge is -2.17. The second-order valence-electron chi connectivity index (χ2n) is 4.67. The lowest BCUT2D eigenvalue weighted by molar-refractivity contribution is -0.115. The van der Waals surface area contributed by atoms with E-state index in [0.717, 1.165) is 11.1 Å². The highest BCUT2D eigenvalue weighted by molar-refractivity contribution is 9.12. The SMILES string of the molecule is Cc1ccc(NC(=O)C(Br)C(Br)c2ccccc2)cc1Cl. The van der Waals surface area contributed by atoms with Crippen molar-refractivity contribution in [2.45, 2.75) is 16.6 Å². The molecule has 21 heavy (non-hydrogen) atoms. The maximum absolute atomic E-state index is 12.3. The van der Waals surface area contributed by atoms with Gasteiger partial charge in [-0.15, -0.1) is 0 Å². The average Bonchev–Trinajstić information content (AvgIpc) is 2.50. The predicted octanol–water partition coefficient (Wildman–Crippen LogP) is 5.49. The van der Waals surface area contributed by atoms with Crippen LogP contribution in [0.3, 0.4) is 0 Å². The summed E-state index contributed by atoms with van der Waals surface area (Å²) in [6.07, 6.45) is 0. The number of hydrogen-bond donors (Lipinski definition) is 1. The number of aryl methyl sites for hydroxylation is 1. The van der Waals surface area contributed by atoms with Crippen LogP contribution in [0.2, 0.25) is 5.02 Å². The molecule has 0 saturated heterocycles. The summed E-state index contributed by atoms with van der Waals surface area (Å²) in [5.74, 6) is -0.124. The van der Waals surface area contributed by atoms with Crippen LogP contribution in [0.15, 0.2) is 48.5 Å². The van der Waals surface area contributed by atoms with Crippen LogP contribution in [-0.2, 0) is 4.79 Å². The van der Waals surface area contributed by atoms with E-state index in [2.05, 4.69) is 37.2 Å². The number of hydrogen-bond acceptors (Lipinski definition) is 1. The molecule has 0 aliphatic heterocycles. The minimum absolute atomic E-state index is 0.111. The zero-order valence-corrected chi connectivity index (χ0v) is 15.2. The molecular weight excluding hydrogens is 417 g/mol. The van der Waals surface area contributed by atoms with E-state index in [0.29, 0.717) is 10.7 Å². The number of amides is 1. The summed E-state index contributed by atoms with van der Waals surface area (Å²) in [5.41, 5.74) is 2.71. The van der Waals surface area contributed by atoms with Gasteiger partial charge in [0.15, 0.2) is 0 Å². The van der Waals surface area contributed by atoms with Gasteiger partial charge in [-0.3, -0.25) is 4.79 Å². The lowest BCUT2D eigenvalue weighted by Crippen LogP contribution is -2.26. The molecule has 5 heteroatoms. The zero-order valence-electron chi connectivity index (χ0n) is 11.3. The minimum atomic E-state index is -0.389. The van der Waals surface area contributed by atoms with E-state index < -0.39 is 0 Å².